The van der Waals surface area contributed by atoms with Gasteiger partial charge in [0.1, 0.15) is 6.54 Å². The number of ether oxygens (including phenoxy) is 1. The molecule has 1 heterocycles. The third-order valence-corrected chi connectivity index (χ3v) is 2.45. The Bertz CT molecular complexity index is 266. The van der Waals surface area contributed by atoms with Crippen LogP contribution in [0.25, 0.3) is 5.53 Å². The highest BCUT2D eigenvalue weighted by atomic mass is 16.5. The second-order valence-electron chi connectivity index (χ2n) is 3.60. The lowest BCUT2D eigenvalue weighted by molar-refractivity contribution is -0.140. The van der Waals surface area contributed by atoms with Crippen molar-refractivity contribution in [2.24, 2.45) is 0 Å². The molecule has 0 unspecified atom stereocenters. The molecule has 1 rings (SSSR count). The van der Waals surface area contributed by atoms with Gasteiger partial charge in [-0.15, -0.1) is 0 Å². The fraction of sp³-hybridized carbons (Fsp3) is 0.800. The number of carbonyl (C=O) groups excluding carboxylic acids is 1. The van der Waals surface area contributed by atoms with Gasteiger partial charge in [-0.25, -0.2) is 4.79 Å². The minimum atomic E-state index is -0.523. The van der Waals surface area contributed by atoms with Gasteiger partial charge >= 0.3 is 11.7 Å². The Kier molecular flexibility index (Phi) is 5.01. The van der Waals surface area contributed by atoms with Gasteiger partial charge in [0.2, 0.25) is 0 Å². The average Bonchev–Trinajstić information content (AvgIpc) is 2.27. The van der Waals surface area contributed by atoms with Crippen molar-refractivity contribution in [3.63, 3.8) is 0 Å². The highest BCUT2D eigenvalue weighted by Gasteiger charge is 2.25. The summed E-state index contributed by atoms with van der Waals surface area (Å²) >= 11 is 0. The lowest BCUT2D eigenvalue weighted by Crippen LogP contribution is -2.38. The first-order chi connectivity index (χ1) is 7.27. The van der Waals surface area contributed by atoms with Crippen molar-refractivity contribution < 1.29 is 14.3 Å². The first-order valence-electron chi connectivity index (χ1n) is 5.38. The van der Waals surface area contributed by atoms with Crippen LogP contribution < -0.4 is 0 Å². The smallest absolute Gasteiger partial charge is 0.418 e. The molecule has 0 saturated carbocycles. The molecule has 0 amide bonds. The summed E-state index contributed by atoms with van der Waals surface area (Å²) in [6, 6.07) is 0. The molecule has 0 aliphatic carbocycles. The van der Waals surface area contributed by atoms with Gasteiger partial charge in [-0.1, -0.05) is 6.42 Å². The maximum absolute atomic E-state index is 11.3. The number of nitrogens with zero attached hydrogens (tertiary/aromatic N) is 3. The molecule has 84 valence electrons. The fourth-order valence-corrected chi connectivity index (χ4v) is 1.68. The molecule has 0 bridgehead atoms. The van der Waals surface area contributed by atoms with E-state index in [2.05, 4.69) is 9.69 Å². The van der Waals surface area contributed by atoms with Gasteiger partial charge in [-0.05, 0) is 32.9 Å². The molecule has 5 nitrogen and oxygen atoms in total. The van der Waals surface area contributed by atoms with E-state index in [0.717, 1.165) is 25.9 Å². The van der Waals surface area contributed by atoms with Crippen LogP contribution in [0.15, 0.2) is 0 Å². The third-order valence-electron chi connectivity index (χ3n) is 2.45. The van der Waals surface area contributed by atoms with Crippen LogP contribution in [-0.4, -0.2) is 47.6 Å². The number of hydrogen-bond donors (Lipinski definition) is 0. The molecule has 5 heteroatoms. The molecular formula is C10H17N3O2. The first kappa shape index (κ1) is 11.9. The molecular weight excluding hydrogens is 194 g/mol. The van der Waals surface area contributed by atoms with E-state index in [4.69, 9.17) is 10.3 Å². The normalized spacial score (nSPS) is 16.9. The van der Waals surface area contributed by atoms with E-state index >= 15 is 0 Å². The lowest BCUT2D eigenvalue weighted by Gasteiger charge is -2.23. The average molecular weight is 211 g/mol. The van der Waals surface area contributed by atoms with Crippen LogP contribution in [-0.2, 0) is 9.53 Å². The Balaban J connectivity index is 2.46. The predicted molar refractivity (Wildman–Crippen MR) is 55.6 cm³/mol. The molecule has 1 aliphatic rings. The Morgan fingerprint density at radius 1 is 1.40 bits per heavy atom. The minimum Gasteiger partial charge on any atom is -0.457 e. The van der Waals surface area contributed by atoms with Gasteiger partial charge in [0, 0.05) is 0 Å². The summed E-state index contributed by atoms with van der Waals surface area (Å²) in [5.41, 5.74) is 8.81. The quantitative estimate of drug-likeness (QED) is 0.297. The summed E-state index contributed by atoms with van der Waals surface area (Å²) in [6.45, 7) is 4.33. The van der Waals surface area contributed by atoms with E-state index in [0.29, 0.717) is 13.2 Å². The SMILES string of the molecule is CCOC(=O)C(CN1CCCCC1)=[N+]=[N-]. The van der Waals surface area contributed by atoms with Crippen molar-refractivity contribution in [2.45, 2.75) is 26.2 Å². The molecule has 0 radical (unpaired) electrons. The van der Waals surface area contributed by atoms with Crippen LogP contribution in [0.2, 0.25) is 0 Å². The van der Waals surface area contributed by atoms with Crippen LogP contribution in [0.3, 0.4) is 0 Å². The second kappa shape index (κ2) is 6.32. The van der Waals surface area contributed by atoms with Crippen molar-refractivity contribution >= 4 is 11.7 Å². The molecule has 1 aliphatic heterocycles. The first-order valence-corrected chi connectivity index (χ1v) is 5.38. The van der Waals surface area contributed by atoms with Crippen LogP contribution in [0.4, 0.5) is 0 Å². The molecule has 0 spiro atoms. The van der Waals surface area contributed by atoms with Gasteiger partial charge in [-0.3, -0.25) is 4.90 Å². The Morgan fingerprint density at radius 2 is 2.07 bits per heavy atom. The Labute approximate surface area is 89.6 Å². The fourth-order valence-electron chi connectivity index (χ4n) is 1.68. The zero-order valence-electron chi connectivity index (χ0n) is 9.11. The van der Waals surface area contributed by atoms with Crippen LogP contribution in [0, 0.1) is 0 Å². The van der Waals surface area contributed by atoms with Crippen molar-refractivity contribution in [1.29, 1.82) is 0 Å². The van der Waals surface area contributed by atoms with Crippen molar-refractivity contribution in [1.82, 2.24) is 4.90 Å². The van der Waals surface area contributed by atoms with Crippen molar-refractivity contribution in [3.8, 4) is 0 Å². The number of likely N-dealkylation sites (tertiary alicyclic amines) is 1. The van der Waals surface area contributed by atoms with Crippen LogP contribution >= 0.6 is 0 Å². The highest BCUT2D eigenvalue weighted by molar-refractivity contribution is 6.34. The molecule has 0 aromatic rings. The topological polar surface area (TPSA) is 65.9 Å². The van der Waals surface area contributed by atoms with Crippen molar-refractivity contribution in [3.05, 3.63) is 5.53 Å². The maximum Gasteiger partial charge on any atom is 0.418 e. The van der Waals surface area contributed by atoms with E-state index in [-0.39, 0.29) is 5.71 Å². The van der Waals surface area contributed by atoms with E-state index in [1.807, 2.05) is 0 Å². The molecule has 0 N–H and O–H groups in total. The summed E-state index contributed by atoms with van der Waals surface area (Å²) in [7, 11) is 0. The molecule has 0 aromatic heterocycles. The highest BCUT2D eigenvalue weighted by Crippen LogP contribution is 2.07. The van der Waals surface area contributed by atoms with Gasteiger partial charge < -0.3 is 10.3 Å². The molecule has 1 saturated heterocycles. The van der Waals surface area contributed by atoms with Crippen LogP contribution in [0.1, 0.15) is 26.2 Å². The van der Waals surface area contributed by atoms with Gasteiger partial charge in [-0.2, -0.15) is 4.79 Å². The Morgan fingerprint density at radius 3 is 2.60 bits per heavy atom. The van der Waals surface area contributed by atoms with E-state index < -0.39 is 5.97 Å². The number of rotatable bonds is 4. The van der Waals surface area contributed by atoms with Crippen LogP contribution in [0.5, 0.6) is 0 Å². The Hall–Kier alpha value is -1.19. The van der Waals surface area contributed by atoms with E-state index in [1.165, 1.54) is 6.42 Å². The number of esters is 1. The monoisotopic (exact) mass is 211 g/mol. The summed E-state index contributed by atoms with van der Waals surface area (Å²) in [4.78, 5) is 16.4. The van der Waals surface area contributed by atoms with Gasteiger partial charge in [0.15, 0.2) is 0 Å². The zero-order chi connectivity index (χ0) is 11.1. The summed E-state index contributed by atoms with van der Waals surface area (Å²) in [5.74, 6) is -0.523. The molecule has 15 heavy (non-hydrogen) atoms. The molecule has 0 atom stereocenters. The number of piperidine rings is 1. The van der Waals surface area contributed by atoms with E-state index in [9.17, 15) is 4.79 Å². The lowest BCUT2D eigenvalue weighted by atomic mass is 10.1. The largest absolute Gasteiger partial charge is 0.457 e. The summed E-state index contributed by atoms with van der Waals surface area (Å²) in [5, 5.41) is 0. The van der Waals surface area contributed by atoms with Crippen molar-refractivity contribution in [2.75, 3.05) is 26.2 Å². The molecule has 0 aromatic carbocycles. The number of hydrogen-bond acceptors (Lipinski definition) is 3. The summed E-state index contributed by atoms with van der Waals surface area (Å²) < 4.78 is 4.78. The second-order valence-corrected chi connectivity index (χ2v) is 3.60. The maximum atomic E-state index is 11.3. The standard InChI is InChI=1S/C10H17N3O2/c1-2-15-10(14)9(12-11)8-13-6-4-3-5-7-13/h2-8H2,1H3. The third kappa shape index (κ3) is 3.81. The van der Waals surface area contributed by atoms with E-state index in [1.54, 1.807) is 6.92 Å². The minimum absolute atomic E-state index is 0.0961. The summed E-state index contributed by atoms with van der Waals surface area (Å²) in [6.07, 6.45) is 3.52. The van der Waals surface area contributed by atoms with Gasteiger partial charge in [0.05, 0.1) is 6.61 Å². The number of carbonyl (C=O) groups is 1. The molecule has 1 fully saturated rings. The van der Waals surface area contributed by atoms with Gasteiger partial charge in [0.25, 0.3) is 0 Å². The predicted octanol–water partition coefficient (Wildman–Crippen LogP) is 0.706. The zero-order valence-corrected chi connectivity index (χ0v) is 9.11.